The van der Waals surface area contributed by atoms with Crippen molar-refractivity contribution >= 4 is 0 Å². The van der Waals surface area contributed by atoms with Crippen molar-refractivity contribution in [2.24, 2.45) is 18.2 Å². The summed E-state index contributed by atoms with van der Waals surface area (Å²) in [6, 6.07) is 0. The first-order valence-corrected chi connectivity index (χ1v) is 7.03. The van der Waals surface area contributed by atoms with Crippen LogP contribution in [-0.2, 0) is 13.5 Å². The van der Waals surface area contributed by atoms with Crippen LogP contribution in [0.2, 0.25) is 0 Å². The Labute approximate surface area is 109 Å². The van der Waals surface area contributed by atoms with Gasteiger partial charge < -0.3 is 10.8 Å². The van der Waals surface area contributed by atoms with Crippen LogP contribution in [0, 0.1) is 5.41 Å². The van der Waals surface area contributed by atoms with E-state index in [1.54, 1.807) is 4.68 Å². The minimum atomic E-state index is -0.466. The van der Waals surface area contributed by atoms with Gasteiger partial charge in [0.2, 0.25) is 0 Å². The van der Waals surface area contributed by atoms with E-state index in [0.717, 1.165) is 30.5 Å². The number of aryl methyl sites for hydroxylation is 2. The molecule has 0 aliphatic heterocycles. The Morgan fingerprint density at radius 1 is 1.44 bits per heavy atom. The minimum absolute atomic E-state index is 0.134. The fourth-order valence-electron chi connectivity index (χ4n) is 3.23. The van der Waals surface area contributed by atoms with Gasteiger partial charge >= 0.3 is 0 Å². The average molecular weight is 251 g/mol. The molecule has 1 atom stereocenters. The van der Waals surface area contributed by atoms with Crippen LogP contribution in [0.5, 0.6) is 0 Å². The van der Waals surface area contributed by atoms with Gasteiger partial charge in [0.25, 0.3) is 0 Å². The van der Waals surface area contributed by atoms with Crippen molar-refractivity contribution < 1.29 is 5.11 Å². The van der Waals surface area contributed by atoms with Gasteiger partial charge in [-0.15, -0.1) is 0 Å². The van der Waals surface area contributed by atoms with E-state index in [0.29, 0.717) is 6.54 Å². The van der Waals surface area contributed by atoms with Gasteiger partial charge in [-0.2, -0.15) is 5.10 Å². The van der Waals surface area contributed by atoms with Crippen LogP contribution in [0.25, 0.3) is 0 Å². The molecule has 0 spiro atoms. The molecule has 1 fully saturated rings. The molecule has 0 saturated heterocycles. The molecule has 2 rings (SSSR count). The fourth-order valence-corrected chi connectivity index (χ4v) is 3.23. The summed E-state index contributed by atoms with van der Waals surface area (Å²) >= 11 is 0. The Kier molecular flexibility index (Phi) is 4.07. The van der Waals surface area contributed by atoms with Gasteiger partial charge in [-0.3, -0.25) is 4.68 Å². The molecule has 1 aliphatic rings. The van der Waals surface area contributed by atoms with Crippen molar-refractivity contribution in [3.05, 3.63) is 17.5 Å². The van der Waals surface area contributed by atoms with E-state index in [1.807, 2.05) is 13.2 Å². The monoisotopic (exact) mass is 251 g/mol. The summed E-state index contributed by atoms with van der Waals surface area (Å²) in [5.41, 5.74) is 7.84. The maximum atomic E-state index is 10.8. The molecule has 1 aromatic rings. The number of hydrogen-bond donors (Lipinski definition) is 2. The van der Waals surface area contributed by atoms with Crippen molar-refractivity contribution in [1.29, 1.82) is 0 Å². The molecule has 0 amide bonds. The Balaban J connectivity index is 2.30. The third kappa shape index (κ3) is 2.31. The van der Waals surface area contributed by atoms with E-state index in [2.05, 4.69) is 12.0 Å². The molecule has 1 aromatic heterocycles. The number of nitrogens with two attached hydrogens (primary N) is 1. The van der Waals surface area contributed by atoms with Gasteiger partial charge in [0.15, 0.2) is 0 Å². The Morgan fingerprint density at radius 2 is 2.11 bits per heavy atom. The molecule has 0 radical (unpaired) electrons. The van der Waals surface area contributed by atoms with E-state index in [9.17, 15) is 5.11 Å². The predicted octanol–water partition coefficient (Wildman–Crippen LogP) is 1.93. The van der Waals surface area contributed by atoms with Gasteiger partial charge in [0, 0.05) is 30.8 Å². The summed E-state index contributed by atoms with van der Waals surface area (Å²) in [4.78, 5) is 0. The molecule has 4 heteroatoms. The summed E-state index contributed by atoms with van der Waals surface area (Å²) < 4.78 is 1.80. The molecule has 1 heterocycles. The van der Waals surface area contributed by atoms with Crippen LogP contribution in [-0.4, -0.2) is 21.4 Å². The molecular formula is C14H25N3O. The summed E-state index contributed by atoms with van der Waals surface area (Å²) in [5, 5.41) is 15.2. The molecule has 4 nitrogen and oxygen atoms in total. The Hall–Kier alpha value is -0.870. The van der Waals surface area contributed by atoms with Gasteiger partial charge in [-0.1, -0.05) is 26.2 Å². The number of aromatic nitrogens is 2. The third-order valence-electron chi connectivity index (χ3n) is 4.40. The maximum Gasteiger partial charge on any atom is 0.0891 e. The summed E-state index contributed by atoms with van der Waals surface area (Å²) in [5.74, 6) is 0. The molecule has 18 heavy (non-hydrogen) atoms. The largest absolute Gasteiger partial charge is 0.388 e. The first-order chi connectivity index (χ1) is 8.63. The topological polar surface area (TPSA) is 64.1 Å². The lowest BCUT2D eigenvalue weighted by Gasteiger charge is -2.40. The van der Waals surface area contributed by atoms with Crippen LogP contribution < -0.4 is 5.73 Å². The van der Waals surface area contributed by atoms with E-state index in [-0.39, 0.29) is 5.41 Å². The Bertz CT molecular complexity index is 394. The van der Waals surface area contributed by atoms with Gasteiger partial charge in [0.05, 0.1) is 11.8 Å². The summed E-state index contributed by atoms with van der Waals surface area (Å²) in [6.45, 7) is 2.64. The van der Waals surface area contributed by atoms with Crippen molar-refractivity contribution in [3.63, 3.8) is 0 Å². The Morgan fingerprint density at radius 3 is 2.67 bits per heavy atom. The highest BCUT2D eigenvalue weighted by molar-refractivity contribution is 5.22. The maximum absolute atomic E-state index is 10.8. The van der Waals surface area contributed by atoms with Crippen LogP contribution >= 0.6 is 0 Å². The highest BCUT2D eigenvalue weighted by Gasteiger charge is 2.40. The average Bonchev–Trinajstić information content (AvgIpc) is 2.79. The van der Waals surface area contributed by atoms with E-state index < -0.39 is 6.10 Å². The second kappa shape index (κ2) is 5.41. The molecule has 1 saturated carbocycles. The molecule has 1 unspecified atom stereocenters. The van der Waals surface area contributed by atoms with Crippen molar-refractivity contribution in [1.82, 2.24) is 9.78 Å². The second-order valence-corrected chi connectivity index (χ2v) is 5.59. The van der Waals surface area contributed by atoms with E-state index in [1.165, 1.54) is 19.3 Å². The normalized spacial score (nSPS) is 20.9. The molecule has 1 aliphatic carbocycles. The zero-order valence-corrected chi connectivity index (χ0v) is 11.5. The number of rotatable bonds is 4. The highest BCUT2D eigenvalue weighted by Crippen LogP contribution is 2.45. The zero-order chi connectivity index (χ0) is 13.2. The molecular weight excluding hydrogens is 226 g/mol. The van der Waals surface area contributed by atoms with E-state index >= 15 is 0 Å². The summed E-state index contributed by atoms with van der Waals surface area (Å²) in [6.07, 6.45) is 8.02. The predicted molar refractivity (Wildman–Crippen MR) is 72.1 cm³/mol. The van der Waals surface area contributed by atoms with Crippen LogP contribution in [0.1, 0.15) is 56.4 Å². The SMILES string of the molecule is CCc1nn(C)cc1C(O)C1(CN)CCCCC1. The lowest BCUT2D eigenvalue weighted by molar-refractivity contribution is 0.000130. The quantitative estimate of drug-likeness (QED) is 0.859. The van der Waals surface area contributed by atoms with Crippen LogP contribution in [0.15, 0.2) is 6.20 Å². The van der Waals surface area contributed by atoms with E-state index in [4.69, 9.17) is 5.73 Å². The first-order valence-electron chi connectivity index (χ1n) is 7.03. The number of aliphatic hydroxyl groups is 1. The number of hydrogen-bond acceptors (Lipinski definition) is 3. The van der Waals surface area contributed by atoms with Crippen molar-refractivity contribution in [3.8, 4) is 0 Å². The van der Waals surface area contributed by atoms with Crippen molar-refractivity contribution in [2.45, 2.75) is 51.6 Å². The van der Waals surface area contributed by atoms with Gasteiger partial charge in [-0.25, -0.2) is 0 Å². The zero-order valence-electron chi connectivity index (χ0n) is 11.5. The smallest absolute Gasteiger partial charge is 0.0891 e. The molecule has 3 N–H and O–H groups in total. The van der Waals surface area contributed by atoms with Crippen LogP contribution in [0.3, 0.4) is 0 Å². The van der Waals surface area contributed by atoms with Crippen molar-refractivity contribution in [2.75, 3.05) is 6.54 Å². The minimum Gasteiger partial charge on any atom is -0.388 e. The molecule has 102 valence electrons. The third-order valence-corrected chi connectivity index (χ3v) is 4.40. The lowest BCUT2D eigenvalue weighted by Crippen LogP contribution is -2.38. The molecule has 0 aromatic carbocycles. The number of nitrogens with zero attached hydrogens (tertiary/aromatic N) is 2. The fraction of sp³-hybridized carbons (Fsp3) is 0.786. The lowest BCUT2D eigenvalue weighted by atomic mass is 9.68. The summed E-state index contributed by atoms with van der Waals surface area (Å²) in [7, 11) is 1.91. The van der Waals surface area contributed by atoms with Gasteiger partial charge in [-0.05, 0) is 19.3 Å². The first kappa shape index (κ1) is 13.6. The van der Waals surface area contributed by atoms with Gasteiger partial charge in [0.1, 0.15) is 0 Å². The second-order valence-electron chi connectivity index (χ2n) is 5.59. The van der Waals surface area contributed by atoms with Crippen LogP contribution in [0.4, 0.5) is 0 Å². The highest BCUT2D eigenvalue weighted by atomic mass is 16.3. The molecule has 0 bridgehead atoms. The standard InChI is InChI=1S/C14H25N3O/c1-3-12-11(9-17(2)16-12)13(18)14(10-15)7-5-4-6-8-14/h9,13,18H,3-8,10,15H2,1-2H3. The number of aliphatic hydroxyl groups excluding tert-OH is 1.